The molecule has 2 atom stereocenters. The Morgan fingerprint density at radius 2 is 1.81 bits per heavy atom. The Hall–Kier alpha value is -0.840. The van der Waals surface area contributed by atoms with Crippen LogP contribution in [0.15, 0.2) is 23.3 Å². The van der Waals surface area contributed by atoms with Crippen molar-refractivity contribution in [1.82, 2.24) is 0 Å². The first-order chi connectivity index (χ1) is 9.84. The smallest absolute Gasteiger partial charge is 0.338 e. The first kappa shape index (κ1) is 16.5. The Morgan fingerprint density at radius 3 is 2.33 bits per heavy atom. The average Bonchev–Trinajstić information content (AvgIpc) is 2.43. The first-order valence-electron chi connectivity index (χ1n) is 7.63. The third-order valence-electron chi connectivity index (χ3n) is 4.42. The fourth-order valence-electron chi connectivity index (χ4n) is 3.12. The van der Waals surface area contributed by atoms with Gasteiger partial charge < -0.3 is 4.74 Å². The molecule has 1 nitrogen and oxygen atoms in total. The third-order valence-corrected chi connectivity index (χ3v) is 4.42. The molecule has 0 bridgehead atoms. The third kappa shape index (κ3) is 2.89. The molecule has 0 aromatic rings. The molecule has 2 aliphatic rings. The van der Waals surface area contributed by atoms with Crippen LogP contribution in [0, 0.1) is 5.92 Å². The zero-order chi connectivity index (χ0) is 15.7. The van der Waals surface area contributed by atoms with Crippen LogP contribution in [-0.4, -0.2) is 24.6 Å². The number of halogens is 4. The minimum absolute atomic E-state index is 0.0868. The van der Waals surface area contributed by atoms with E-state index in [0.717, 1.165) is 31.4 Å². The molecule has 120 valence electrons. The number of allylic oxidation sites excluding steroid dienone is 3. The molecule has 1 saturated heterocycles. The number of hydrogen-bond acceptors (Lipinski definition) is 1. The number of hydrogen-bond donors (Lipinski definition) is 0. The molecule has 0 amide bonds. The monoisotopic (exact) mass is 306 g/mol. The molecular formula is C16H22F4O. The standard InChI is InChI=1S/C16H22F4O/c1-3-5-11-6-9-14(21-10-11)13-8-7-12(4-2)15(17,18)16(13,19)20/h7-8,11,14H,3-6,9-10H2,1-2H3. The van der Waals surface area contributed by atoms with Gasteiger partial charge in [-0.3, -0.25) is 0 Å². The van der Waals surface area contributed by atoms with E-state index in [1.54, 1.807) is 0 Å². The van der Waals surface area contributed by atoms with Crippen molar-refractivity contribution in [2.24, 2.45) is 5.92 Å². The van der Waals surface area contributed by atoms with E-state index in [1.165, 1.54) is 6.92 Å². The molecule has 0 aromatic carbocycles. The minimum atomic E-state index is -4.16. The largest absolute Gasteiger partial charge is 0.373 e. The molecule has 0 radical (unpaired) electrons. The van der Waals surface area contributed by atoms with Crippen LogP contribution in [-0.2, 0) is 4.74 Å². The molecule has 21 heavy (non-hydrogen) atoms. The summed E-state index contributed by atoms with van der Waals surface area (Å²) in [6, 6.07) is 0. The SMILES string of the molecule is CCCC1CCC(C2=CC=C(CC)C(F)(F)C2(F)F)OC1. The van der Waals surface area contributed by atoms with E-state index in [-0.39, 0.29) is 6.42 Å². The fraction of sp³-hybridized carbons (Fsp3) is 0.750. The van der Waals surface area contributed by atoms with Gasteiger partial charge in [-0.05, 0) is 31.6 Å². The Bertz CT molecular complexity index is 432. The second kappa shape index (κ2) is 6.11. The van der Waals surface area contributed by atoms with Gasteiger partial charge in [-0.2, -0.15) is 17.6 Å². The van der Waals surface area contributed by atoms with E-state index in [2.05, 4.69) is 6.92 Å². The molecule has 0 aromatic heterocycles. The van der Waals surface area contributed by atoms with Gasteiger partial charge in [0.1, 0.15) is 0 Å². The van der Waals surface area contributed by atoms with E-state index in [4.69, 9.17) is 4.74 Å². The lowest BCUT2D eigenvalue weighted by molar-refractivity contribution is -0.176. The van der Waals surface area contributed by atoms with Gasteiger partial charge in [0.15, 0.2) is 0 Å². The second-order valence-electron chi connectivity index (χ2n) is 5.87. The summed E-state index contributed by atoms with van der Waals surface area (Å²) in [7, 11) is 0. The lowest BCUT2D eigenvalue weighted by atomic mass is 9.83. The zero-order valence-electron chi connectivity index (χ0n) is 12.5. The molecule has 2 unspecified atom stereocenters. The Kier molecular flexibility index (Phi) is 4.81. The summed E-state index contributed by atoms with van der Waals surface area (Å²) in [5.74, 6) is -7.92. The summed E-state index contributed by atoms with van der Waals surface area (Å²) in [5, 5.41) is 0. The van der Waals surface area contributed by atoms with Crippen LogP contribution in [0.4, 0.5) is 17.6 Å². The number of rotatable bonds is 4. The molecule has 1 fully saturated rings. The quantitative estimate of drug-likeness (QED) is 0.654. The van der Waals surface area contributed by atoms with Crippen LogP contribution in [0.25, 0.3) is 0 Å². The van der Waals surface area contributed by atoms with Crippen molar-refractivity contribution in [3.8, 4) is 0 Å². The van der Waals surface area contributed by atoms with Crippen molar-refractivity contribution in [2.45, 2.75) is 63.9 Å². The lowest BCUT2D eigenvalue weighted by Crippen LogP contribution is -2.49. The highest BCUT2D eigenvalue weighted by Gasteiger charge is 2.62. The van der Waals surface area contributed by atoms with Crippen molar-refractivity contribution < 1.29 is 22.3 Å². The maximum absolute atomic E-state index is 14.2. The van der Waals surface area contributed by atoms with Crippen molar-refractivity contribution in [2.75, 3.05) is 6.61 Å². The normalized spacial score (nSPS) is 31.5. The van der Waals surface area contributed by atoms with Gasteiger partial charge in [0, 0.05) is 11.1 Å². The summed E-state index contributed by atoms with van der Waals surface area (Å²) in [6.07, 6.45) is 4.43. The summed E-state index contributed by atoms with van der Waals surface area (Å²) in [4.78, 5) is 0. The molecule has 0 saturated carbocycles. The predicted molar refractivity (Wildman–Crippen MR) is 73.7 cm³/mol. The van der Waals surface area contributed by atoms with E-state index < -0.39 is 29.1 Å². The van der Waals surface area contributed by atoms with Crippen molar-refractivity contribution >= 4 is 0 Å². The maximum atomic E-state index is 14.2. The summed E-state index contributed by atoms with van der Waals surface area (Å²) in [6.45, 7) is 3.89. The van der Waals surface area contributed by atoms with Gasteiger partial charge in [-0.15, -0.1) is 0 Å². The molecule has 1 aliphatic carbocycles. The topological polar surface area (TPSA) is 9.23 Å². The highest BCUT2D eigenvalue weighted by molar-refractivity contribution is 5.39. The average molecular weight is 306 g/mol. The van der Waals surface area contributed by atoms with Crippen molar-refractivity contribution in [3.05, 3.63) is 23.3 Å². The van der Waals surface area contributed by atoms with Gasteiger partial charge in [-0.25, -0.2) is 0 Å². The molecule has 5 heteroatoms. The van der Waals surface area contributed by atoms with Crippen molar-refractivity contribution in [1.29, 1.82) is 0 Å². The maximum Gasteiger partial charge on any atom is 0.338 e. The van der Waals surface area contributed by atoms with Crippen LogP contribution in [0.1, 0.15) is 46.0 Å². The zero-order valence-corrected chi connectivity index (χ0v) is 12.5. The lowest BCUT2D eigenvalue weighted by Gasteiger charge is -2.38. The van der Waals surface area contributed by atoms with Crippen LogP contribution < -0.4 is 0 Å². The molecule has 2 rings (SSSR count). The molecule has 0 N–H and O–H groups in total. The highest BCUT2D eigenvalue weighted by atomic mass is 19.3. The van der Waals surface area contributed by atoms with E-state index >= 15 is 0 Å². The molecular weight excluding hydrogens is 284 g/mol. The van der Waals surface area contributed by atoms with Gasteiger partial charge in [-0.1, -0.05) is 32.4 Å². The number of alkyl halides is 4. The first-order valence-corrected chi connectivity index (χ1v) is 7.63. The molecule has 1 heterocycles. The summed E-state index contributed by atoms with van der Waals surface area (Å²) >= 11 is 0. The predicted octanol–water partition coefficient (Wildman–Crippen LogP) is 5.13. The number of ether oxygens (including phenoxy) is 1. The Labute approximate surface area is 123 Å². The Morgan fingerprint density at radius 1 is 1.10 bits per heavy atom. The van der Waals surface area contributed by atoms with E-state index in [9.17, 15) is 17.6 Å². The highest BCUT2D eigenvalue weighted by Crippen LogP contribution is 2.50. The van der Waals surface area contributed by atoms with E-state index in [1.807, 2.05) is 0 Å². The van der Waals surface area contributed by atoms with Gasteiger partial charge in [0.05, 0.1) is 12.7 Å². The fourth-order valence-corrected chi connectivity index (χ4v) is 3.12. The molecule has 0 spiro atoms. The van der Waals surface area contributed by atoms with Crippen LogP contribution in [0.2, 0.25) is 0 Å². The van der Waals surface area contributed by atoms with Gasteiger partial charge >= 0.3 is 11.8 Å². The van der Waals surface area contributed by atoms with Crippen LogP contribution in [0.5, 0.6) is 0 Å². The van der Waals surface area contributed by atoms with Gasteiger partial charge in [0.2, 0.25) is 0 Å². The summed E-state index contributed by atoms with van der Waals surface area (Å²) < 4.78 is 61.7. The van der Waals surface area contributed by atoms with Crippen LogP contribution >= 0.6 is 0 Å². The van der Waals surface area contributed by atoms with Crippen molar-refractivity contribution in [3.63, 3.8) is 0 Å². The minimum Gasteiger partial charge on any atom is -0.373 e. The molecule has 1 aliphatic heterocycles. The van der Waals surface area contributed by atoms with Crippen LogP contribution in [0.3, 0.4) is 0 Å². The summed E-state index contributed by atoms with van der Waals surface area (Å²) in [5.41, 5.74) is -1.09. The van der Waals surface area contributed by atoms with Gasteiger partial charge in [0.25, 0.3) is 0 Å². The Balaban J connectivity index is 2.17. The van der Waals surface area contributed by atoms with E-state index in [0.29, 0.717) is 18.9 Å². The second-order valence-corrected chi connectivity index (χ2v) is 5.87.